The standard InChI is InChI=1S/C15H18N4O3S/c1-15(7-8-23(21,22)19-15)9-13(20)17-12-10-16-18-14(12)11-5-3-2-4-6-11/h2-6,10,19H,7-9H2,1H3,(H,16,18)(H,17,20). The molecule has 0 saturated carbocycles. The number of amides is 1. The van der Waals surface area contributed by atoms with Gasteiger partial charge in [0.05, 0.1) is 23.3 Å². The van der Waals surface area contributed by atoms with Crippen LogP contribution in [-0.2, 0) is 14.8 Å². The van der Waals surface area contributed by atoms with Crippen LogP contribution in [0.5, 0.6) is 0 Å². The van der Waals surface area contributed by atoms with E-state index in [9.17, 15) is 13.2 Å². The first-order chi connectivity index (χ1) is 10.9. The molecule has 23 heavy (non-hydrogen) atoms. The van der Waals surface area contributed by atoms with Gasteiger partial charge in [0.25, 0.3) is 0 Å². The molecule has 2 heterocycles. The molecule has 1 unspecified atom stereocenters. The van der Waals surface area contributed by atoms with Gasteiger partial charge < -0.3 is 5.32 Å². The smallest absolute Gasteiger partial charge is 0.226 e. The van der Waals surface area contributed by atoms with Gasteiger partial charge in [-0.15, -0.1) is 0 Å². The Labute approximate surface area is 134 Å². The summed E-state index contributed by atoms with van der Waals surface area (Å²) < 4.78 is 25.6. The molecule has 1 amide bonds. The summed E-state index contributed by atoms with van der Waals surface area (Å²) in [5.41, 5.74) is 1.47. The van der Waals surface area contributed by atoms with Gasteiger partial charge in [0.2, 0.25) is 15.9 Å². The molecule has 1 atom stereocenters. The van der Waals surface area contributed by atoms with Gasteiger partial charge in [-0.2, -0.15) is 5.10 Å². The van der Waals surface area contributed by atoms with E-state index in [0.29, 0.717) is 12.1 Å². The number of H-pyrrole nitrogens is 1. The molecule has 1 saturated heterocycles. The van der Waals surface area contributed by atoms with Crippen LogP contribution in [0.4, 0.5) is 5.69 Å². The van der Waals surface area contributed by atoms with Gasteiger partial charge in [-0.25, -0.2) is 13.1 Å². The summed E-state index contributed by atoms with van der Waals surface area (Å²) >= 11 is 0. The molecular formula is C15H18N4O3S. The highest BCUT2D eigenvalue weighted by molar-refractivity contribution is 7.89. The van der Waals surface area contributed by atoms with Crippen molar-refractivity contribution >= 4 is 21.6 Å². The molecule has 1 aliphatic heterocycles. The van der Waals surface area contributed by atoms with Crippen LogP contribution in [-0.4, -0.2) is 35.8 Å². The number of nitrogens with zero attached hydrogens (tertiary/aromatic N) is 1. The Kier molecular flexibility index (Phi) is 3.95. The zero-order valence-corrected chi connectivity index (χ0v) is 13.5. The van der Waals surface area contributed by atoms with Crippen LogP contribution in [0.1, 0.15) is 19.8 Å². The number of rotatable bonds is 4. The van der Waals surface area contributed by atoms with Gasteiger partial charge in [-0.1, -0.05) is 30.3 Å². The third kappa shape index (κ3) is 3.59. The summed E-state index contributed by atoms with van der Waals surface area (Å²) in [7, 11) is -3.26. The van der Waals surface area contributed by atoms with Crippen molar-refractivity contribution in [3.63, 3.8) is 0 Å². The van der Waals surface area contributed by atoms with E-state index in [1.807, 2.05) is 30.3 Å². The predicted octanol–water partition coefficient (Wildman–Crippen LogP) is 1.49. The van der Waals surface area contributed by atoms with E-state index in [-0.39, 0.29) is 18.1 Å². The van der Waals surface area contributed by atoms with Crippen LogP contribution >= 0.6 is 0 Å². The Morgan fingerprint density at radius 2 is 2.09 bits per heavy atom. The van der Waals surface area contributed by atoms with Gasteiger partial charge in [0.15, 0.2) is 0 Å². The monoisotopic (exact) mass is 334 g/mol. The quantitative estimate of drug-likeness (QED) is 0.788. The van der Waals surface area contributed by atoms with Crippen molar-refractivity contribution in [2.75, 3.05) is 11.1 Å². The van der Waals surface area contributed by atoms with Gasteiger partial charge in [-0.05, 0) is 13.3 Å². The van der Waals surface area contributed by atoms with Crippen molar-refractivity contribution in [1.82, 2.24) is 14.9 Å². The van der Waals surface area contributed by atoms with E-state index in [1.54, 1.807) is 13.1 Å². The first-order valence-electron chi connectivity index (χ1n) is 7.27. The van der Waals surface area contributed by atoms with Crippen molar-refractivity contribution < 1.29 is 13.2 Å². The molecule has 1 aromatic heterocycles. The highest BCUT2D eigenvalue weighted by Crippen LogP contribution is 2.27. The number of carbonyl (C=O) groups excluding carboxylic acids is 1. The van der Waals surface area contributed by atoms with Crippen LogP contribution < -0.4 is 10.0 Å². The molecule has 3 rings (SSSR count). The Hall–Kier alpha value is -2.19. The minimum Gasteiger partial charge on any atom is -0.323 e. The summed E-state index contributed by atoms with van der Waals surface area (Å²) in [6.45, 7) is 1.74. The SMILES string of the molecule is CC1(CC(=O)Nc2cn[nH]c2-c2ccccc2)CCS(=O)(=O)N1. The second kappa shape index (κ2) is 5.78. The van der Waals surface area contributed by atoms with Crippen LogP contribution in [0.3, 0.4) is 0 Å². The normalized spacial score (nSPS) is 22.8. The Bertz CT molecular complexity index is 816. The molecule has 122 valence electrons. The van der Waals surface area contributed by atoms with Crippen LogP contribution in [0.2, 0.25) is 0 Å². The minimum atomic E-state index is -3.26. The molecule has 0 radical (unpaired) electrons. The fourth-order valence-electron chi connectivity index (χ4n) is 2.72. The zero-order chi connectivity index (χ0) is 16.5. The third-order valence-electron chi connectivity index (χ3n) is 3.85. The fraction of sp³-hybridized carbons (Fsp3) is 0.333. The Balaban J connectivity index is 1.71. The summed E-state index contributed by atoms with van der Waals surface area (Å²) in [6, 6.07) is 9.53. The number of benzene rings is 1. The Morgan fingerprint density at radius 3 is 2.74 bits per heavy atom. The lowest BCUT2D eigenvalue weighted by Gasteiger charge is -2.21. The summed E-state index contributed by atoms with van der Waals surface area (Å²) in [4.78, 5) is 12.3. The van der Waals surface area contributed by atoms with E-state index in [0.717, 1.165) is 11.3 Å². The molecule has 0 aliphatic carbocycles. The molecule has 3 N–H and O–H groups in total. The average Bonchev–Trinajstić information content (AvgIpc) is 3.04. The van der Waals surface area contributed by atoms with Crippen LogP contribution in [0.15, 0.2) is 36.5 Å². The number of aromatic nitrogens is 2. The van der Waals surface area contributed by atoms with Crippen LogP contribution in [0, 0.1) is 0 Å². The van der Waals surface area contributed by atoms with Crippen molar-refractivity contribution in [2.45, 2.75) is 25.3 Å². The first-order valence-corrected chi connectivity index (χ1v) is 8.92. The lowest BCUT2D eigenvalue weighted by molar-refractivity contribution is -0.117. The average molecular weight is 334 g/mol. The third-order valence-corrected chi connectivity index (χ3v) is 5.40. The first kappa shape index (κ1) is 15.7. The number of hydrogen-bond donors (Lipinski definition) is 3. The van der Waals surface area contributed by atoms with E-state index in [1.165, 1.54) is 0 Å². The van der Waals surface area contributed by atoms with Crippen molar-refractivity contribution in [3.05, 3.63) is 36.5 Å². The summed E-state index contributed by atoms with van der Waals surface area (Å²) in [5.74, 6) is -0.201. The topological polar surface area (TPSA) is 104 Å². The number of anilines is 1. The summed E-state index contributed by atoms with van der Waals surface area (Å²) in [5, 5.41) is 9.64. The lowest BCUT2D eigenvalue weighted by Crippen LogP contribution is -2.41. The number of aromatic amines is 1. The second-order valence-corrected chi connectivity index (χ2v) is 7.82. The van der Waals surface area contributed by atoms with Crippen LogP contribution in [0.25, 0.3) is 11.3 Å². The molecule has 1 aromatic carbocycles. The molecule has 8 heteroatoms. The summed E-state index contributed by atoms with van der Waals surface area (Å²) in [6.07, 6.45) is 2.03. The van der Waals surface area contributed by atoms with E-state index >= 15 is 0 Å². The molecule has 1 fully saturated rings. The molecular weight excluding hydrogens is 316 g/mol. The predicted molar refractivity (Wildman–Crippen MR) is 87.2 cm³/mol. The highest BCUT2D eigenvalue weighted by atomic mass is 32.2. The number of hydrogen-bond acceptors (Lipinski definition) is 4. The van der Waals surface area contributed by atoms with Gasteiger partial charge in [0, 0.05) is 17.5 Å². The lowest BCUT2D eigenvalue weighted by atomic mass is 9.95. The van der Waals surface area contributed by atoms with Crippen molar-refractivity contribution in [3.8, 4) is 11.3 Å². The second-order valence-electron chi connectivity index (χ2n) is 5.98. The highest BCUT2D eigenvalue weighted by Gasteiger charge is 2.39. The number of nitrogens with one attached hydrogen (secondary N) is 3. The van der Waals surface area contributed by atoms with Crippen molar-refractivity contribution in [1.29, 1.82) is 0 Å². The largest absolute Gasteiger partial charge is 0.323 e. The van der Waals surface area contributed by atoms with Crippen molar-refractivity contribution in [2.24, 2.45) is 0 Å². The van der Waals surface area contributed by atoms with E-state index < -0.39 is 15.6 Å². The number of carbonyl (C=O) groups is 1. The van der Waals surface area contributed by atoms with E-state index in [2.05, 4.69) is 20.2 Å². The van der Waals surface area contributed by atoms with Gasteiger partial charge >= 0.3 is 0 Å². The molecule has 2 aromatic rings. The molecule has 7 nitrogen and oxygen atoms in total. The molecule has 0 spiro atoms. The maximum atomic E-state index is 12.3. The zero-order valence-electron chi connectivity index (χ0n) is 12.7. The van der Waals surface area contributed by atoms with E-state index in [4.69, 9.17) is 0 Å². The fourth-order valence-corrected chi connectivity index (χ4v) is 4.46. The van der Waals surface area contributed by atoms with Gasteiger partial charge in [-0.3, -0.25) is 9.89 Å². The maximum absolute atomic E-state index is 12.3. The molecule has 1 aliphatic rings. The Morgan fingerprint density at radius 1 is 1.35 bits per heavy atom. The maximum Gasteiger partial charge on any atom is 0.226 e. The minimum absolute atomic E-state index is 0.0533. The molecule has 0 bridgehead atoms. The van der Waals surface area contributed by atoms with Gasteiger partial charge in [0.1, 0.15) is 0 Å². The number of sulfonamides is 1.